The van der Waals surface area contributed by atoms with Crippen molar-refractivity contribution in [2.45, 2.75) is 20.0 Å². The van der Waals surface area contributed by atoms with Crippen LogP contribution in [0.2, 0.25) is 0 Å². The van der Waals surface area contributed by atoms with E-state index in [2.05, 4.69) is 26.6 Å². The number of ether oxygens (including phenoxy) is 1. The highest BCUT2D eigenvalue weighted by atomic mass is 79.9. The summed E-state index contributed by atoms with van der Waals surface area (Å²) in [6.07, 6.45) is -0.278. The number of carbonyl (C=O) groups is 4. The molecule has 0 aromatic heterocycles. The number of halogens is 2. The number of para-hydroxylation sites is 1. The quantitative estimate of drug-likeness (QED) is 0.273. The van der Waals surface area contributed by atoms with Crippen molar-refractivity contribution in [3.05, 3.63) is 99.1 Å². The Morgan fingerprint density at radius 3 is 2.14 bits per heavy atom. The van der Waals surface area contributed by atoms with E-state index in [-0.39, 0.29) is 34.0 Å². The molecule has 0 spiro atoms. The summed E-state index contributed by atoms with van der Waals surface area (Å²) in [5.74, 6) is -2.17. The fourth-order valence-corrected chi connectivity index (χ4v) is 4.08. The number of amides is 3. The molecule has 37 heavy (non-hydrogen) atoms. The summed E-state index contributed by atoms with van der Waals surface area (Å²) in [7, 11) is 0. The van der Waals surface area contributed by atoms with Gasteiger partial charge in [0.25, 0.3) is 17.7 Å². The SMILES string of the molecule is CC(C)OC(=O)c1ccc(N2C(=O)C(Cl)=C(Nc3ccc(C(=O)Nc4ccccc4Br)cc3)C2=O)cc1. The molecule has 1 aliphatic rings. The second-order valence-electron chi connectivity index (χ2n) is 8.27. The first-order chi connectivity index (χ1) is 17.7. The Bertz CT molecular complexity index is 1420. The molecule has 3 aromatic carbocycles. The molecular weight excluding hydrogens is 562 g/mol. The van der Waals surface area contributed by atoms with Crippen LogP contribution in [0, 0.1) is 0 Å². The number of anilines is 3. The van der Waals surface area contributed by atoms with Gasteiger partial charge >= 0.3 is 5.97 Å². The van der Waals surface area contributed by atoms with E-state index in [1.54, 1.807) is 44.2 Å². The average Bonchev–Trinajstić information content (AvgIpc) is 3.08. The van der Waals surface area contributed by atoms with Crippen molar-refractivity contribution in [3.8, 4) is 0 Å². The fraction of sp³-hybridized carbons (Fsp3) is 0.111. The topological polar surface area (TPSA) is 105 Å². The van der Waals surface area contributed by atoms with Crippen LogP contribution in [-0.2, 0) is 14.3 Å². The van der Waals surface area contributed by atoms with E-state index in [1.165, 1.54) is 24.3 Å². The van der Waals surface area contributed by atoms with Crippen LogP contribution in [0.1, 0.15) is 34.6 Å². The third-order valence-electron chi connectivity index (χ3n) is 5.27. The summed E-state index contributed by atoms with van der Waals surface area (Å²) in [6, 6.07) is 19.5. The zero-order valence-electron chi connectivity index (χ0n) is 19.7. The monoisotopic (exact) mass is 581 g/mol. The summed E-state index contributed by atoms with van der Waals surface area (Å²) in [5.41, 5.74) is 1.93. The van der Waals surface area contributed by atoms with Crippen molar-refractivity contribution >= 4 is 68.3 Å². The summed E-state index contributed by atoms with van der Waals surface area (Å²) in [6.45, 7) is 3.48. The predicted molar refractivity (Wildman–Crippen MR) is 145 cm³/mol. The van der Waals surface area contributed by atoms with Gasteiger partial charge in [0.15, 0.2) is 0 Å². The fourth-order valence-electron chi connectivity index (χ4n) is 3.48. The summed E-state index contributed by atoms with van der Waals surface area (Å²) < 4.78 is 5.90. The van der Waals surface area contributed by atoms with Gasteiger partial charge in [0, 0.05) is 15.7 Å². The highest BCUT2D eigenvalue weighted by Gasteiger charge is 2.39. The number of rotatable bonds is 7. The second-order valence-corrected chi connectivity index (χ2v) is 9.50. The van der Waals surface area contributed by atoms with E-state index >= 15 is 0 Å². The van der Waals surface area contributed by atoms with E-state index in [9.17, 15) is 19.2 Å². The number of imide groups is 1. The summed E-state index contributed by atoms with van der Waals surface area (Å²) in [4.78, 5) is 51.3. The number of carbonyl (C=O) groups excluding carboxylic acids is 4. The third-order valence-corrected chi connectivity index (χ3v) is 6.31. The molecule has 0 bridgehead atoms. The van der Waals surface area contributed by atoms with Gasteiger partial charge in [-0.05, 0) is 90.4 Å². The Morgan fingerprint density at radius 1 is 0.892 bits per heavy atom. The molecule has 1 aliphatic heterocycles. The van der Waals surface area contributed by atoms with Crippen LogP contribution in [-0.4, -0.2) is 29.8 Å². The lowest BCUT2D eigenvalue weighted by molar-refractivity contribution is -0.120. The lowest BCUT2D eigenvalue weighted by Gasteiger charge is -2.16. The molecule has 8 nitrogen and oxygen atoms in total. The Morgan fingerprint density at radius 2 is 1.51 bits per heavy atom. The Hall–Kier alpha value is -3.95. The normalized spacial score (nSPS) is 13.3. The molecule has 0 fully saturated rings. The van der Waals surface area contributed by atoms with Crippen LogP contribution < -0.4 is 15.5 Å². The molecule has 0 atom stereocenters. The van der Waals surface area contributed by atoms with Gasteiger partial charge in [-0.25, -0.2) is 9.69 Å². The molecule has 0 radical (unpaired) electrons. The van der Waals surface area contributed by atoms with Gasteiger partial charge in [0.05, 0.1) is 23.0 Å². The van der Waals surface area contributed by atoms with E-state index in [4.69, 9.17) is 16.3 Å². The molecule has 188 valence electrons. The maximum Gasteiger partial charge on any atom is 0.338 e. The Kier molecular flexibility index (Phi) is 7.75. The average molecular weight is 583 g/mol. The molecule has 3 aromatic rings. The van der Waals surface area contributed by atoms with Crippen molar-refractivity contribution in [1.29, 1.82) is 0 Å². The zero-order chi connectivity index (χ0) is 26.7. The lowest BCUT2D eigenvalue weighted by atomic mass is 10.2. The molecule has 0 unspecified atom stereocenters. The van der Waals surface area contributed by atoms with Gasteiger partial charge < -0.3 is 15.4 Å². The molecular formula is C27H21BrClN3O5. The van der Waals surface area contributed by atoms with Crippen LogP contribution in [0.3, 0.4) is 0 Å². The molecule has 0 saturated heterocycles. The smallest absolute Gasteiger partial charge is 0.338 e. The van der Waals surface area contributed by atoms with E-state index < -0.39 is 17.8 Å². The highest BCUT2D eigenvalue weighted by molar-refractivity contribution is 9.10. The number of hydrogen-bond donors (Lipinski definition) is 2. The van der Waals surface area contributed by atoms with Gasteiger partial charge in [0.1, 0.15) is 10.7 Å². The first-order valence-electron chi connectivity index (χ1n) is 11.2. The molecule has 0 saturated carbocycles. The number of nitrogens with zero attached hydrogens (tertiary/aromatic N) is 1. The molecule has 3 amide bonds. The minimum Gasteiger partial charge on any atom is -0.459 e. The van der Waals surface area contributed by atoms with Crippen molar-refractivity contribution in [3.63, 3.8) is 0 Å². The summed E-state index contributed by atoms with van der Waals surface area (Å²) >= 11 is 9.59. The Balaban J connectivity index is 1.45. The first kappa shape index (κ1) is 26.1. The molecule has 0 aliphatic carbocycles. The van der Waals surface area contributed by atoms with Crippen molar-refractivity contribution in [1.82, 2.24) is 0 Å². The van der Waals surface area contributed by atoms with Gasteiger partial charge in [-0.1, -0.05) is 23.7 Å². The number of nitrogens with one attached hydrogen (secondary N) is 2. The standard InChI is InChI=1S/C27H21BrClN3O5/c1-15(2)37-27(36)17-9-13-19(14-10-17)32-25(34)22(29)23(26(32)35)30-18-11-7-16(8-12-18)24(33)31-21-6-4-3-5-20(21)28/h3-15,30H,1-2H3,(H,31,33). The molecule has 4 rings (SSSR count). The number of hydrogen-bond acceptors (Lipinski definition) is 6. The zero-order valence-corrected chi connectivity index (χ0v) is 22.1. The Labute approximate surface area is 226 Å². The predicted octanol–water partition coefficient (Wildman–Crippen LogP) is 5.70. The third kappa shape index (κ3) is 5.73. The van der Waals surface area contributed by atoms with Crippen LogP contribution in [0.25, 0.3) is 0 Å². The van der Waals surface area contributed by atoms with Crippen LogP contribution in [0.5, 0.6) is 0 Å². The number of benzene rings is 3. The second kappa shape index (κ2) is 11.0. The van der Waals surface area contributed by atoms with Crippen molar-refractivity contribution < 1.29 is 23.9 Å². The van der Waals surface area contributed by atoms with Crippen molar-refractivity contribution in [2.75, 3.05) is 15.5 Å². The highest BCUT2D eigenvalue weighted by Crippen LogP contribution is 2.30. The minimum absolute atomic E-state index is 0.0969. The van der Waals surface area contributed by atoms with E-state index in [0.717, 1.165) is 9.37 Å². The first-order valence-corrected chi connectivity index (χ1v) is 12.4. The van der Waals surface area contributed by atoms with Gasteiger partial charge in [0.2, 0.25) is 0 Å². The molecule has 2 N–H and O–H groups in total. The van der Waals surface area contributed by atoms with Crippen molar-refractivity contribution in [2.24, 2.45) is 0 Å². The minimum atomic E-state index is -0.698. The number of esters is 1. The molecule has 1 heterocycles. The van der Waals surface area contributed by atoms with Crippen LogP contribution in [0.15, 0.2) is 88.0 Å². The van der Waals surface area contributed by atoms with Gasteiger partial charge in [-0.3, -0.25) is 14.4 Å². The van der Waals surface area contributed by atoms with E-state index in [0.29, 0.717) is 16.9 Å². The maximum atomic E-state index is 13.0. The lowest BCUT2D eigenvalue weighted by Crippen LogP contribution is -2.32. The van der Waals surface area contributed by atoms with E-state index in [1.807, 2.05) is 18.2 Å². The summed E-state index contributed by atoms with van der Waals surface area (Å²) in [5, 5.41) is 5.41. The molecule has 10 heteroatoms. The van der Waals surface area contributed by atoms with Gasteiger partial charge in [-0.2, -0.15) is 0 Å². The van der Waals surface area contributed by atoms with Gasteiger partial charge in [-0.15, -0.1) is 0 Å². The maximum absolute atomic E-state index is 13.0. The largest absolute Gasteiger partial charge is 0.459 e. The van der Waals surface area contributed by atoms with Crippen LogP contribution >= 0.6 is 27.5 Å². The van der Waals surface area contributed by atoms with Crippen LogP contribution in [0.4, 0.5) is 17.1 Å².